The van der Waals surface area contributed by atoms with Gasteiger partial charge in [-0.05, 0) is 60.1 Å². The zero-order valence-corrected chi connectivity index (χ0v) is 28.6. The third kappa shape index (κ3) is 8.81. The number of furan rings is 1. The minimum Gasteiger partial charge on any atom is -0.444 e. The molecule has 4 aromatic heterocycles. The highest BCUT2D eigenvalue weighted by molar-refractivity contribution is 6.17. The number of carbonyl (C=O) groups excluding carboxylic acids is 3. The van der Waals surface area contributed by atoms with Crippen molar-refractivity contribution in [1.82, 2.24) is 25.1 Å². The van der Waals surface area contributed by atoms with E-state index in [1.807, 2.05) is 0 Å². The molecular formula is C33H39F3N8O6. The predicted molar refractivity (Wildman–Crippen MR) is 178 cm³/mol. The first-order valence-corrected chi connectivity index (χ1v) is 15.7. The molecule has 0 spiro atoms. The molecule has 3 N–H and O–H groups in total. The molecule has 3 amide bonds. The lowest BCUT2D eigenvalue weighted by Crippen LogP contribution is -2.54. The van der Waals surface area contributed by atoms with Crippen LogP contribution in [-0.4, -0.2) is 74.4 Å². The van der Waals surface area contributed by atoms with Gasteiger partial charge in [-0.3, -0.25) is 24.8 Å². The Morgan fingerprint density at radius 2 is 1.64 bits per heavy atom. The van der Waals surface area contributed by atoms with E-state index in [4.69, 9.17) is 13.9 Å². The molecule has 0 radical (unpaired) electrons. The van der Waals surface area contributed by atoms with Crippen molar-refractivity contribution in [3.63, 3.8) is 0 Å². The normalized spacial score (nSPS) is 17.0. The number of aromatic nitrogens is 4. The minimum absolute atomic E-state index is 0.0164. The third-order valence-corrected chi connectivity index (χ3v) is 7.43. The molecule has 1 aliphatic rings. The van der Waals surface area contributed by atoms with Crippen LogP contribution < -0.4 is 20.9 Å². The number of anilines is 3. The van der Waals surface area contributed by atoms with Crippen LogP contribution in [0.25, 0.3) is 22.2 Å². The van der Waals surface area contributed by atoms with E-state index in [1.165, 1.54) is 29.6 Å². The molecule has 2 atom stereocenters. The van der Waals surface area contributed by atoms with Gasteiger partial charge in [-0.15, -0.1) is 0 Å². The highest BCUT2D eigenvalue weighted by Crippen LogP contribution is 2.38. The maximum atomic E-state index is 14.1. The summed E-state index contributed by atoms with van der Waals surface area (Å²) in [6.07, 6.45) is 0.907. The quantitative estimate of drug-likeness (QED) is 0.202. The van der Waals surface area contributed by atoms with Crippen molar-refractivity contribution < 1.29 is 41.4 Å². The van der Waals surface area contributed by atoms with Crippen LogP contribution >= 0.6 is 0 Å². The molecule has 17 heteroatoms. The van der Waals surface area contributed by atoms with Gasteiger partial charge in [-0.1, -0.05) is 0 Å². The van der Waals surface area contributed by atoms with E-state index < -0.39 is 54.0 Å². The lowest BCUT2D eigenvalue weighted by molar-refractivity contribution is -0.177. The molecule has 0 aliphatic carbocycles. The van der Waals surface area contributed by atoms with E-state index in [-0.39, 0.29) is 46.9 Å². The number of piperidine rings is 1. The Labute approximate surface area is 285 Å². The molecule has 4 aromatic rings. The van der Waals surface area contributed by atoms with Crippen molar-refractivity contribution in [2.75, 3.05) is 28.6 Å². The molecule has 0 bridgehead atoms. The fourth-order valence-electron chi connectivity index (χ4n) is 5.46. The van der Waals surface area contributed by atoms with Crippen LogP contribution in [0.5, 0.6) is 0 Å². The Morgan fingerprint density at radius 3 is 2.28 bits per heavy atom. The second kappa shape index (κ2) is 13.5. The number of hydrogen-bond acceptors (Lipinski definition) is 10. The van der Waals surface area contributed by atoms with Gasteiger partial charge in [0.25, 0.3) is 5.91 Å². The molecule has 5 heterocycles. The standard InChI is InChI=1S/C33H39F3N8O6/c1-31(2,3)49-29(46)40-21-11-20(33(34,35)36)16-44(17-21)23-8-9-37-14-22(23)41-27(45)25-26-24(48-28(25)42-30(47)50-32(4,5)6)10-18(12-38-26)19-13-39-43(7)15-19/h8-10,12-15,20-21H,11,16-17H2,1-7H3,(H,40,46)(H,41,45)(H,42,47). The number of fused-ring (bicyclic) bond motifs is 1. The van der Waals surface area contributed by atoms with Gasteiger partial charge in [0.2, 0.25) is 5.88 Å². The lowest BCUT2D eigenvalue weighted by Gasteiger charge is -2.40. The molecule has 1 fully saturated rings. The first-order valence-electron chi connectivity index (χ1n) is 15.7. The van der Waals surface area contributed by atoms with Gasteiger partial charge >= 0.3 is 18.4 Å². The van der Waals surface area contributed by atoms with Crippen molar-refractivity contribution in [2.45, 2.75) is 71.4 Å². The predicted octanol–water partition coefficient (Wildman–Crippen LogP) is 6.50. The van der Waals surface area contributed by atoms with E-state index in [0.29, 0.717) is 5.56 Å². The van der Waals surface area contributed by atoms with Gasteiger partial charge in [-0.25, -0.2) is 9.59 Å². The number of amides is 3. The lowest BCUT2D eigenvalue weighted by atomic mass is 9.93. The second-order valence-corrected chi connectivity index (χ2v) is 14.0. The molecule has 50 heavy (non-hydrogen) atoms. The second-order valence-electron chi connectivity index (χ2n) is 14.0. The van der Waals surface area contributed by atoms with E-state index in [0.717, 1.165) is 5.56 Å². The summed E-state index contributed by atoms with van der Waals surface area (Å²) in [5, 5.41) is 11.9. The van der Waals surface area contributed by atoms with Crippen molar-refractivity contribution >= 4 is 46.5 Å². The average molecular weight is 701 g/mol. The fourth-order valence-corrected chi connectivity index (χ4v) is 5.46. The number of hydrogen-bond donors (Lipinski definition) is 3. The summed E-state index contributed by atoms with van der Waals surface area (Å²) in [5.41, 5.74) is 0.0298. The highest BCUT2D eigenvalue weighted by atomic mass is 19.4. The Kier molecular flexibility index (Phi) is 9.72. The monoisotopic (exact) mass is 700 g/mol. The number of nitrogens with zero attached hydrogens (tertiary/aromatic N) is 5. The number of pyridine rings is 2. The summed E-state index contributed by atoms with van der Waals surface area (Å²) in [6.45, 7) is 9.50. The molecule has 5 rings (SSSR count). The zero-order valence-electron chi connectivity index (χ0n) is 28.6. The first-order chi connectivity index (χ1) is 23.3. The summed E-state index contributed by atoms with van der Waals surface area (Å²) in [6, 6.07) is 2.17. The summed E-state index contributed by atoms with van der Waals surface area (Å²) in [5.74, 6) is -2.85. The van der Waals surface area contributed by atoms with E-state index >= 15 is 0 Å². The SMILES string of the molecule is Cn1cc(-c2cnc3c(C(=O)Nc4cnccc4N4CC(NC(=O)OC(C)(C)C)CC(C(F)(F)F)C4)c(NC(=O)OC(C)(C)C)oc3c2)cn1. The molecular weight excluding hydrogens is 661 g/mol. The number of nitrogens with one attached hydrogen (secondary N) is 3. The number of alkyl carbamates (subject to hydrolysis) is 1. The third-order valence-electron chi connectivity index (χ3n) is 7.43. The summed E-state index contributed by atoms with van der Waals surface area (Å²) < 4.78 is 60.6. The van der Waals surface area contributed by atoms with Crippen molar-refractivity contribution in [1.29, 1.82) is 0 Å². The van der Waals surface area contributed by atoms with Gasteiger partial charge in [0.1, 0.15) is 22.3 Å². The molecule has 0 aromatic carbocycles. The average Bonchev–Trinajstić information content (AvgIpc) is 3.57. The van der Waals surface area contributed by atoms with Crippen LogP contribution in [0.3, 0.4) is 0 Å². The first kappa shape index (κ1) is 35.9. The highest BCUT2D eigenvalue weighted by Gasteiger charge is 2.45. The number of ether oxygens (including phenoxy) is 2. The Balaban J connectivity index is 1.48. The van der Waals surface area contributed by atoms with Gasteiger partial charge < -0.3 is 29.4 Å². The Hall–Kier alpha value is -5.35. The number of aryl methyl sites for hydroxylation is 1. The maximum Gasteiger partial charge on any atom is 0.414 e. The molecule has 0 saturated carbocycles. The molecule has 14 nitrogen and oxygen atoms in total. The Morgan fingerprint density at radius 1 is 0.940 bits per heavy atom. The van der Waals surface area contributed by atoms with Gasteiger partial charge in [0, 0.05) is 49.9 Å². The van der Waals surface area contributed by atoms with Crippen LogP contribution in [0, 0.1) is 5.92 Å². The molecule has 268 valence electrons. The van der Waals surface area contributed by atoms with Crippen molar-refractivity contribution in [3.05, 3.63) is 48.7 Å². The van der Waals surface area contributed by atoms with Crippen molar-refractivity contribution in [2.24, 2.45) is 13.0 Å². The molecule has 1 aliphatic heterocycles. The van der Waals surface area contributed by atoms with Crippen LogP contribution in [-0.2, 0) is 16.5 Å². The van der Waals surface area contributed by atoms with Crippen LogP contribution in [0.4, 0.5) is 40.0 Å². The number of carbonyl (C=O) groups is 3. The zero-order chi connectivity index (χ0) is 36.6. The van der Waals surface area contributed by atoms with Crippen molar-refractivity contribution in [3.8, 4) is 11.1 Å². The van der Waals surface area contributed by atoms with Crippen LogP contribution in [0.15, 0.2) is 47.5 Å². The van der Waals surface area contributed by atoms with E-state index in [2.05, 4.69) is 31.0 Å². The molecule has 2 unspecified atom stereocenters. The van der Waals surface area contributed by atoms with E-state index in [9.17, 15) is 27.6 Å². The molecule has 1 saturated heterocycles. The number of halogens is 3. The summed E-state index contributed by atoms with van der Waals surface area (Å²) >= 11 is 0. The topological polar surface area (TPSA) is 166 Å². The van der Waals surface area contributed by atoms with Gasteiger partial charge in [0.05, 0.1) is 35.7 Å². The van der Waals surface area contributed by atoms with Gasteiger partial charge in [0.15, 0.2) is 5.58 Å². The fraction of sp³-hybridized carbons (Fsp3) is 0.455. The van der Waals surface area contributed by atoms with E-state index in [1.54, 1.807) is 71.7 Å². The van der Waals surface area contributed by atoms with Crippen LogP contribution in [0.1, 0.15) is 58.3 Å². The number of rotatable bonds is 6. The smallest absolute Gasteiger partial charge is 0.414 e. The Bertz CT molecular complexity index is 1890. The summed E-state index contributed by atoms with van der Waals surface area (Å²) in [7, 11) is 1.76. The largest absolute Gasteiger partial charge is 0.444 e. The minimum atomic E-state index is -4.57. The van der Waals surface area contributed by atoms with Crippen LogP contribution in [0.2, 0.25) is 0 Å². The number of alkyl halides is 3. The maximum absolute atomic E-state index is 14.1. The van der Waals surface area contributed by atoms with Gasteiger partial charge in [-0.2, -0.15) is 18.3 Å². The summed E-state index contributed by atoms with van der Waals surface area (Å²) in [4.78, 5) is 49.3.